The Morgan fingerprint density at radius 3 is 2.86 bits per heavy atom. The molecule has 0 bridgehead atoms. The smallest absolute Gasteiger partial charge is 0.408 e. The van der Waals surface area contributed by atoms with Crippen LogP contribution in [0, 0.1) is 11.8 Å². The molecular formula is C17H18N2O3. The highest BCUT2D eigenvalue weighted by Gasteiger charge is 2.14. The fourth-order valence-corrected chi connectivity index (χ4v) is 1.90. The van der Waals surface area contributed by atoms with Crippen LogP contribution in [0.5, 0.6) is 0 Å². The number of ether oxygens (including phenoxy) is 1. The van der Waals surface area contributed by atoms with Gasteiger partial charge in [-0.3, -0.25) is 4.79 Å². The van der Waals surface area contributed by atoms with Gasteiger partial charge in [-0.15, -0.1) is 0 Å². The van der Waals surface area contributed by atoms with Crippen LogP contribution in [0.4, 0.5) is 4.79 Å². The SMILES string of the molecule is CC(C)(C)OC(=O)NCC#Cc1ccc2c(C=O)c[nH]c2c1. The van der Waals surface area contributed by atoms with Crippen LogP contribution in [0.15, 0.2) is 24.4 Å². The van der Waals surface area contributed by atoms with Crippen LogP contribution in [0.1, 0.15) is 36.7 Å². The summed E-state index contributed by atoms with van der Waals surface area (Å²) >= 11 is 0. The van der Waals surface area contributed by atoms with Crippen LogP contribution in [0.25, 0.3) is 10.9 Å². The zero-order chi connectivity index (χ0) is 16.2. The van der Waals surface area contributed by atoms with Crippen LogP contribution in [0.2, 0.25) is 0 Å². The van der Waals surface area contributed by atoms with E-state index in [-0.39, 0.29) is 6.54 Å². The monoisotopic (exact) mass is 298 g/mol. The average Bonchev–Trinajstić information content (AvgIpc) is 2.84. The number of hydrogen-bond acceptors (Lipinski definition) is 3. The molecular weight excluding hydrogens is 280 g/mol. The number of carbonyl (C=O) groups is 2. The van der Waals surface area contributed by atoms with Gasteiger partial charge in [0.05, 0.1) is 6.54 Å². The Morgan fingerprint density at radius 1 is 1.41 bits per heavy atom. The number of hydrogen-bond donors (Lipinski definition) is 2. The fraction of sp³-hybridized carbons (Fsp3) is 0.294. The maximum absolute atomic E-state index is 11.4. The molecule has 0 radical (unpaired) electrons. The van der Waals surface area contributed by atoms with Crippen molar-refractivity contribution in [2.24, 2.45) is 0 Å². The molecule has 0 unspecified atom stereocenters. The molecule has 5 nitrogen and oxygen atoms in total. The number of aromatic nitrogens is 1. The topological polar surface area (TPSA) is 71.2 Å². The number of H-pyrrole nitrogens is 1. The van der Waals surface area contributed by atoms with Gasteiger partial charge in [-0.2, -0.15) is 0 Å². The van der Waals surface area contributed by atoms with Crippen LogP contribution in [0.3, 0.4) is 0 Å². The average molecular weight is 298 g/mol. The summed E-state index contributed by atoms with van der Waals surface area (Å²) < 4.78 is 5.11. The second-order valence-electron chi connectivity index (χ2n) is 5.78. The third-order valence-electron chi connectivity index (χ3n) is 2.79. The van der Waals surface area contributed by atoms with E-state index in [2.05, 4.69) is 22.1 Å². The summed E-state index contributed by atoms with van der Waals surface area (Å²) in [6.45, 7) is 5.61. The molecule has 5 heteroatoms. The molecule has 0 aliphatic heterocycles. The molecule has 0 saturated carbocycles. The van der Waals surface area contributed by atoms with Crippen molar-refractivity contribution in [1.82, 2.24) is 10.3 Å². The molecule has 0 aliphatic rings. The molecule has 1 heterocycles. The van der Waals surface area contributed by atoms with Crippen molar-refractivity contribution < 1.29 is 14.3 Å². The van der Waals surface area contributed by atoms with Crippen molar-refractivity contribution >= 4 is 23.3 Å². The Labute approximate surface area is 129 Å². The summed E-state index contributed by atoms with van der Waals surface area (Å²) in [6.07, 6.45) is 1.99. The first kappa shape index (κ1) is 15.6. The zero-order valence-corrected chi connectivity index (χ0v) is 12.8. The molecule has 2 rings (SSSR count). The molecule has 1 aromatic carbocycles. The van der Waals surface area contributed by atoms with Crippen LogP contribution in [-0.2, 0) is 4.74 Å². The Balaban J connectivity index is 1.97. The lowest BCUT2D eigenvalue weighted by Crippen LogP contribution is -2.32. The van der Waals surface area contributed by atoms with E-state index < -0.39 is 11.7 Å². The second-order valence-corrected chi connectivity index (χ2v) is 5.78. The van der Waals surface area contributed by atoms with Gasteiger partial charge in [-0.25, -0.2) is 4.79 Å². The molecule has 1 aromatic heterocycles. The molecule has 2 aromatic rings. The minimum Gasteiger partial charge on any atom is -0.444 e. The molecule has 0 saturated heterocycles. The first-order valence-corrected chi connectivity index (χ1v) is 6.91. The summed E-state index contributed by atoms with van der Waals surface area (Å²) in [4.78, 5) is 25.3. The van der Waals surface area contributed by atoms with E-state index in [4.69, 9.17) is 4.74 Å². The van der Waals surface area contributed by atoms with Crippen molar-refractivity contribution in [3.8, 4) is 11.8 Å². The van der Waals surface area contributed by atoms with E-state index in [0.717, 1.165) is 22.8 Å². The second kappa shape index (κ2) is 6.35. The van der Waals surface area contributed by atoms with Crippen molar-refractivity contribution in [3.63, 3.8) is 0 Å². The lowest BCUT2D eigenvalue weighted by molar-refractivity contribution is 0.0535. The highest BCUT2D eigenvalue weighted by atomic mass is 16.6. The summed E-state index contributed by atoms with van der Waals surface area (Å²) in [5, 5.41) is 3.44. The van der Waals surface area contributed by atoms with Crippen molar-refractivity contribution in [2.75, 3.05) is 6.54 Å². The third kappa shape index (κ3) is 4.13. The minimum atomic E-state index is -0.521. The van der Waals surface area contributed by atoms with Gasteiger partial charge in [0.25, 0.3) is 0 Å². The largest absolute Gasteiger partial charge is 0.444 e. The Hall–Kier alpha value is -2.74. The van der Waals surface area contributed by atoms with Crippen LogP contribution < -0.4 is 5.32 Å². The van der Waals surface area contributed by atoms with Gasteiger partial charge in [0.2, 0.25) is 0 Å². The Kier molecular flexibility index (Phi) is 4.52. The third-order valence-corrected chi connectivity index (χ3v) is 2.79. The van der Waals surface area contributed by atoms with Crippen molar-refractivity contribution in [1.29, 1.82) is 0 Å². The van der Waals surface area contributed by atoms with Crippen molar-refractivity contribution in [3.05, 3.63) is 35.5 Å². The number of aromatic amines is 1. The molecule has 114 valence electrons. The summed E-state index contributed by atoms with van der Waals surface area (Å²) in [7, 11) is 0. The predicted octanol–water partition coefficient (Wildman–Crippen LogP) is 2.86. The van der Waals surface area contributed by atoms with Gasteiger partial charge in [-0.05, 0) is 32.9 Å². The van der Waals surface area contributed by atoms with E-state index in [1.165, 1.54) is 0 Å². The van der Waals surface area contributed by atoms with Gasteiger partial charge in [0.1, 0.15) is 5.60 Å². The van der Waals surface area contributed by atoms with Crippen molar-refractivity contribution in [2.45, 2.75) is 26.4 Å². The normalized spacial score (nSPS) is 10.7. The van der Waals surface area contributed by atoms with Gasteiger partial charge in [0, 0.05) is 28.2 Å². The fourth-order valence-electron chi connectivity index (χ4n) is 1.90. The summed E-state index contributed by atoms with van der Waals surface area (Å²) in [5.74, 6) is 5.81. The zero-order valence-electron chi connectivity index (χ0n) is 12.8. The standard InChI is InChI=1S/C17H18N2O3/c1-17(2,3)22-16(21)18-8-4-5-12-6-7-14-13(11-20)10-19-15(14)9-12/h6-7,9-11,19H,8H2,1-3H3,(H,18,21). The lowest BCUT2D eigenvalue weighted by Gasteiger charge is -2.18. The Morgan fingerprint density at radius 2 is 2.18 bits per heavy atom. The van der Waals surface area contributed by atoms with Gasteiger partial charge in [0.15, 0.2) is 6.29 Å². The molecule has 2 N–H and O–H groups in total. The number of carbonyl (C=O) groups excluding carboxylic acids is 2. The quantitative estimate of drug-likeness (QED) is 0.661. The Bertz CT molecular complexity index is 758. The van der Waals surface area contributed by atoms with E-state index in [1.54, 1.807) is 27.0 Å². The van der Waals surface area contributed by atoms with E-state index >= 15 is 0 Å². The number of fused-ring (bicyclic) bond motifs is 1. The van der Waals surface area contributed by atoms with E-state index in [0.29, 0.717) is 5.56 Å². The van der Waals surface area contributed by atoms with Crippen LogP contribution >= 0.6 is 0 Å². The number of rotatable bonds is 2. The number of nitrogens with one attached hydrogen (secondary N) is 2. The molecule has 22 heavy (non-hydrogen) atoms. The van der Waals surface area contributed by atoms with E-state index in [9.17, 15) is 9.59 Å². The molecule has 0 spiro atoms. The van der Waals surface area contributed by atoms with Gasteiger partial charge < -0.3 is 15.0 Å². The molecule has 1 amide bonds. The summed E-state index contributed by atoms with van der Waals surface area (Å²) in [5.41, 5.74) is 1.76. The maximum atomic E-state index is 11.4. The first-order chi connectivity index (χ1) is 10.4. The number of aldehydes is 1. The molecule has 0 aliphatic carbocycles. The first-order valence-electron chi connectivity index (χ1n) is 6.91. The summed E-state index contributed by atoms with van der Waals surface area (Å²) in [6, 6.07) is 5.55. The highest BCUT2D eigenvalue weighted by molar-refractivity contribution is 5.97. The highest BCUT2D eigenvalue weighted by Crippen LogP contribution is 2.17. The van der Waals surface area contributed by atoms with Crippen LogP contribution in [-0.4, -0.2) is 29.5 Å². The molecule has 0 fully saturated rings. The number of amides is 1. The number of benzene rings is 1. The van der Waals surface area contributed by atoms with Gasteiger partial charge in [-0.1, -0.05) is 17.9 Å². The van der Waals surface area contributed by atoms with E-state index in [1.807, 2.05) is 18.2 Å². The predicted molar refractivity (Wildman–Crippen MR) is 84.8 cm³/mol. The molecule has 0 atom stereocenters. The maximum Gasteiger partial charge on any atom is 0.408 e. The number of alkyl carbamates (subject to hydrolysis) is 1. The van der Waals surface area contributed by atoms with Gasteiger partial charge >= 0.3 is 6.09 Å². The minimum absolute atomic E-state index is 0.206. The lowest BCUT2D eigenvalue weighted by atomic mass is 10.1.